The number of nitrogens with zero attached hydrogens (tertiary/aromatic N) is 1. The first-order valence-electron chi connectivity index (χ1n) is 5.99. The number of allylic oxidation sites excluding steroid dienone is 3. The van der Waals surface area contributed by atoms with Crippen LogP contribution >= 0.6 is 15.9 Å². The molecule has 1 heterocycles. The van der Waals surface area contributed by atoms with Crippen LogP contribution in [0.15, 0.2) is 48.1 Å². The summed E-state index contributed by atoms with van der Waals surface area (Å²) in [6.45, 7) is 0.353. The Labute approximate surface area is 119 Å². The predicted octanol–water partition coefficient (Wildman–Crippen LogP) is 3.10. The normalized spacial score (nSPS) is 18.8. The number of hydrogen-bond acceptors (Lipinski definition) is 2. The molecule has 1 radical (unpaired) electrons. The number of rotatable bonds is 2. The first kappa shape index (κ1) is 12.4. The van der Waals surface area contributed by atoms with Gasteiger partial charge in [-0.05, 0) is 24.1 Å². The molecular formula is C15H11BrNO2. The van der Waals surface area contributed by atoms with Gasteiger partial charge in [0.1, 0.15) is 0 Å². The Balaban J connectivity index is 1.85. The van der Waals surface area contributed by atoms with Crippen molar-refractivity contribution in [3.8, 4) is 0 Å². The van der Waals surface area contributed by atoms with Gasteiger partial charge in [-0.25, -0.2) is 0 Å². The third kappa shape index (κ3) is 2.16. The Kier molecular flexibility index (Phi) is 3.11. The smallest absolute Gasteiger partial charge is 0.261 e. The lowest BCUT2D eigenvalue weighted by atomic mass is 10.0. The summed E-state index contributed by atoms with van der Waals surface area (Å²) in [6, 6.07) is 6.96. The van der Waals surface area contributed by atoms with E-state index in [9.17, 15) is 9.59 Å². The second kappa shape index (κ2) is 4.78. The third-order valence-corrected chi connectivity index (χ3v) is 3.79. The van der Waals surface area contributed by atoms with E-state index in [1.165, 1.54) is 4.90 Å². The fourth-order valence-corrected chi connectivity index (χ4v) is 2.83. The van der Waals surface area contributed by atoms with Crippen molar-refractivity contribution in [3.63, 3.8) is 0 Å². The van der Waals surface area contributed by atoms with E-state index in [1.807, 2.05) is 18.2 Å². The lowest BCUT2D eigenvalue weighted by molar-refractivity contribution is 0.0667. The third-order valence-electron chi connectivity index (χ3n) is 3.24. The summed E-state index contributed by atoms with van der Waals surface area (Å²) in [5.74, 6) is -0.403. The van der Waals surface area contributed by atoms with E-state index >= 15 is 0 Å². The molecule has 19 heavy (non-hydrogen) atoms. The molecule has 0 saturated carbocycles. The maximum atomic E-state index is 12.2. The van der Waals surface area contributed by atoms with Gasteiger partial charge in [0.2, 0.25) is 0 Å². The van der Waals surface area contributed by atoms with Gasteiger partial charge in [-0.3, -0.25) is 14.5 Å². The zero-order valence-corrected chi connectivity index (χ0v) is 11.7. The molecule has 2 aliphatic rings. The molecule has 1 aromatic rings. The van der Waals surface area contributed by atoms with Crippen molar-refractivity contribution in [1.29, 1.82) is 0 Å². The van der Waals surface area contributed by atoms with Gasteiger partial charge in [0.25, 0.3) is 11.8 Å². The summed E-state index contributed by atoms with van der Waals surface area (Å²) in [6.07, 6.45) is 6.57. The molecule has 0 fully saturated rings. The van der Waals surface area contributed by atoms with Crippen LogP contribution in [0.4, 0.5) is 0 Å². The molecule has 0 N–H and O–H groups in total. The van der Waals surface area contributed by atoms with Gasteiger partial charge in [-0.15, -0.1) is 0 Å². The predicted molar refractivity (Wildman–Crippen MR) is 75.8 cm³/mol. The number of fused-ring (bicyclic) bond motifs is 1. The van der Waals surface area contributed by atoms with Gasteiger partial charge in [0, 0.05) is 0 Å². The molecule has 0 spiro atoms. The van der Waals surface area contributed by atoms with Crippen LogP contribution in [-0.4, -0.2) is 23.3 Å². The average molecular weight is 317 g/mol. The second-order valence-electron chi connectivity index (χ2n) is 4.55. The fourth-order valence-electron chi connectivity index (χ4n) is 2.32. The number of imide groups is 1. The number of halogens is 1. The van der Waals surface area contributed by atoms with E-state index in [4.69, 9.17) is 0 Å². The van der Waals surface area contributed by atoms with Crippen LogP contribution < -0.4 is 0 Å². The Morgan fingerprint density at radius 1 is 1.11 bits per heavy atom. The molecule has 3 nitrogen and oxygen atoms in total. The second-order valence-corrected chi connectivity index (χ2v) is 5.57. The van der Waals surface area contributed by atoms with Crippen LogP contribution in [0.25, 0.3) is 0 Å². The Morgan fingerprint density at radius 2 is 1.74 bits per heavy atom. The van der Waals surface area contributed by atoms with Crippen molar-refractivity contribution in [3.05, 3.63) is 64.0 Å². The first-order valence-corrected chi connectivity index (χ1v) is 6.79. The lowest BCUT2D eigenvalue weighted by Gasteiger charge is -2.19. The van der Waals surface area contributed by atoms with Crippen LogP contribution in [-0.2, 0) is 0 Å². The van der Waals surface area contributed by atoms with E-state index in [1.54, 1.807) is 24.3 Å². The zero-order chi connectivity index (χ0) is 13.4. The number of amides is 2. The van der Waals surface area contributed by atoms with Crippen LogP contribution in [0.1, 0.15) is 27.1 Å². The van der Waals surface area contributed by atoms with Gasteiger partial charge in [-0.1, -0.05) is 46.3 Å². The van der Waals surface area contributed by atoms with E-state index in [2.05, 4.69) is 15.9 Å². The Morgan fingerprint density at radius 3 is 2.32 bits per heavy atom. The molecule has 2 amide bonds. The monoisotopic (exact) mass is 316 g/mol. The molecular weight excluding hydrogens is 306 g/mol. The Hall–Kier alpha value is -1.68. The maximum Gasteiger partial charge on any atom is 0.261 e. The molecule has 0 aromatic heterocycles. The van der Waals surface area contributed by atoms with Gasteiger partial charge in [0.15, 0.2) is 0 Å². The number of benzene rings is 1. The highest BCUT2D eigenvalue weighted by atomic mass is 79.9. The molecule has 0 atom stereocenters. The highest BCUT2D eigenvalue weighted by molar-refractivity contribution is 9.11. The quantitative estimate of drug-likeness (QED) is 0.786. The molecule has 3 rings (SSSR count). The fraction of sp³-hybridized carbons (Fsp3) is 0.133. The molecule has 1 aromatic carbocycles. The topological polar surface area (TPSA) is 37.4 Å². The Bertz CT molecular complexity index is 583. The van der Waals surface area contributed by atoms with E-state index in [0.29, 0.717) is 17.7 Å². The molecule has 4 heteroatoms. The van der Waals surface area contributed by atoms with E-state index in [-0.39, 0.29) is 11.8 Å². The molecule has 1 aliphatic heterocycles. The maximum absolute atomic E-state index is 12.2. The van der Waals surface area contributed by atoms with Crippen molar-refractivity contribution in [2.75, 3.05) is 6.54 Å². The SMILES string of the molecule is O=C1c2ccccc2C(=O)N1CC1=CC=C[C](Br)C1. The number of hydrogen-bond donors (Lipinski definition) is 0. The van der Waals surface area contributed by atoms with E-state index in [0.717, 1.165) is 16.8 Å². The van der Waals surface area contributed by atoms with Crippen LogP contribution in [0.2, 0.25) is 0 Å². The van der Waals surface area contributed by atoms with Gasteiger partial charge >= 0.3 is 0 Å². The molecule has 1 aliphatic carbocycles. The summed E-state index contributed by atoms with van der Waals surface area (Å²) in [5, 5.41) is 0. The summed E-state index contributed by atoms with van der Waals surface area (Å²) < 4.78 is 0. The standard InChI is InChI=1S/C15H11BrNO2/c16-11-5-3-4-10(8-11)9-17-14(18)12-6-1-2-7-13(12)15(17)19/h1-7H,8-9H2. The summed E-state index contributed by atoms with van der Waals surface area (Å²) in [7, 11) is 0. The average Bonchev–Trinajstić information content (AvgIpc) is 2.65. The summed E-state index contributed by atoms with van der Waals surface area (Å²) in [4.78, 5) is 26.8. The first-order chi connectivity index (χ1) is 9.16. The lowest BCUT2D eigenvalue weighted by Crippen LogP contribution is -2.32. The molecule has 0 bridgehead atoms. The largest absolute Gasteiger partial charge is 0.270 e. The minimum atomic E-state index is -0.202. The van der Waals surface area contributed by atoms with Crippen LogP contribution in [0, 0.1) is 4.83 Å². The molecule has 95 valence electrons. The van der Waals surface area contributed by atoms with Gasteiger partial charge in [-0.2, -0.15) is 0 Å². The zero-order valence-electron chi connectivity index (χ0n) is 10.1. The number of carbonyl (C=O) groups excluding carboxylic acids is 2. The van der Waals surface area contributed by atoms with Crippen molar-refractivity contribution < 1.29 is 9.59 Å². The van der Waals surface area contributed by atoms with Crippen molar-refractivity contribution in [2.45, 2.75) is 6.42 Å². The van der Waals surface area contributed by atoms with Crippen LogP contribution in [0.5, 0.6) is 0 Å². The molecule has 0 unspecified atom stereocenters. The van der Waals surface area contributed by atoms with E-state index < -0.39 is 0 Å². The van der Waals surface area contributed by atoms with Crippen molar-refractivity contribution in [1.82, 2.24) is 4.90 Å². The van der Waals surface area contributed by atoms with Crippen LogP contribution in [0.3, 0.4) is 0 Å². The minimum Gasteiger partial charge on any atom is -0.270 e. The van der Waals surface area contributed by atoms with Gasteiger partial charge < -0.3 is 0 Å². The highest BCUT2D eigenvalue weighted by Gasteiger charge is 2.35. The number of carbonyl (C=O) groups is 2. The highest BCUT2D eigenvalue weighted by Crippen LogP contribution is 2.29. The van der Waals surface area contributed by atoms with Crippen molar-refractivity contribution in [2.24, 2.45) is 0 Å². The van der Waals surface area contributed by atoms with Crippen molar-refractivity contribution >= 4 is 27.7 Å². The summed E-state index contributed by atoms with van der Waals surface area (Å²) in [5.41, 5.74) is 2.05. The minimum absolute atomic E-state index is 0.202. The molecule has 0 saturated heterocycles. The summed E-state index contributed by atoms with van der Waals surface area (Å²) >= 11 is 3.44. The van der Waals surface area contributed by atoms with Gasteiger partial charge in [0.05, 0.1) is 22.5 Å².